The Morgan fingerprint density at radius 1 is 1.26 bits per heavy atom. The lowest BCUT2D eigenvalue weighted by Crippen LogP contribution is -2.36. The zero-order chi connectivity index (χ0) is 16.8. The molecule has 1 N–H and O–H groups in total. The summed E-state index contributed by atoms with van der Waals surface area (Å²) in [6.07, 6.45) is -4.91. The fourth-order valence-corrected chi connectivity index (χ4v) is 3.17. The molecule has 1 aromatic rings. The van der Waals surface area contributed by atoms with Gasteiger partial charge in [0, 0.05) is 6.54 Å². The minimum atomic E-state index is -4.61. The first-order chi connectivity index (χ1) is 10.8. The summed E-state index contributed by atoms with van der Waals surface area (Å²) in [5.74, 6) is -0.448. The molecule has 1 aromatic carbocycles. The van der Waals surface area contributed by atoms with E-state index in [4.69, 9.17) is 0 Å². The van der Waals surface area contributed by atoms with Gasteiger partial charge in [-0.05, 0) is 24.5 Å². The molecule has 2 heterocycles. The fraction of sp³-hybridized carbons (Fsp3) is 0.467. The molecular weight excluding hydrogens is 313 g/mol. The van der Waals surface area contributed by atoms with Crippen LogP contribution in [0.1, 0.15) is 30.1 Å². The minimum Gasteiger partial charge on any atom is -0.387 e. The number of rotatable bonds is 3. The van der Waals surface area contributed by atoms with Gasteiger partial charge in [0.25, 0.3) is 5.91 Å². The second-order valence-electron chi connectivity index (χ2n) is 5.68. The van der Waals surface area contributed by atoms with Crippen molar-refractivity contribution in [2.45, 2.75) is 31.2 Å². The van der Waals surface area contributed by atoms with Crippen LogP contribution < -0.4 is 0 Å². The van der Waals surface area contributed by atoms with Crippen LogP contribution >= 0.6 is 0 Å². The van der Waals surface area contributed by atoms with Crippen molar-refractivity contribution in [1.82, 2.24) is 9.80 Å². The zero-order valence-corrected chi connectivity index (χ0v) is 12.1. The van der Waals surface area contributed by atoms with Crippen molar-refractivity contribution in [2.24, 2.45) is 0 Å². The number of hydrogen-bond acceptors (Lipinski definition) is 3. The number of β-amino-alcohol motifs (C(OH)–C–C–N with tert-alkyl or cyclic N) is 1. The maximum Gasteiger partial charge on any atom is 0.416 e. The number of carbonyl (C=O) groups excluding carboxylic acids is 2. The van der Waals surface area contributed by atoms with Gasteiger partial charge in [-0.3, -0.25) is 9.69 Å². The first-order valence-corrected chi connectivity index (χ1v) is 7.27. The van der Waals surface area contributed by atoms with Crippen LogP contribution in [0.25, 0.3) is 0 Å². The quantitative estimate of drug-likeness (QED) is 0.865. The van der Waals surface area contributed by atoms with Crippen molar-refractivity contribution in [3.8, 4) is 0 Å². The number of alkyl halides is 3. The number of hydrogen-bond donors (Lipinski definition) is 1. The number of urea groups is 1. The molecule has 0 bridgehead atoms. The lowest BCUT2D eigenvalue weighted by atomic mass is 10.0. The van der Waals surface area contributed by atoms with Gasteiger partial charge in [-0.1, -0.05) is 18.2 Å². The van der Waals surface area contributed by atoms with Gasteiger partial charge in [-0.2, -0.15) is 13.2 Å². The molecule has 0 aliphatic carbocycles. The highest BCUT2D eigenvalue weighted by atomic mass is 19.4. The van der Waals surface area contributed by atoms with E-state index in [1.165, 1.54) is 17.0 Å². The summed E-state index contributed by atoms with van der Waals surface area (Å²) in [6, 6.07) is 3.54. The number of amides is 3. The molecule has 5 nitrogen and oxygen atoms in total. The molecule has 2 atom stereocenters. The van der Waals surface area contributed by atoms with Crippen LogP contribution in [0.4, 0.5) is 18.0 Å². The SMILES string of the molecule is O=C1C2CCCN2C(=O)N1CC(O)c1ccccc1C(F)(F)F. The van der Waals surface area contributed by atoms with E-state index in [1.807, 2.05) is 0 Å². The Morgan fingerprint density at radius 2 is 1.96 bits per heavy atom. The maximum atomic E-state index is 13.0. The molecule has 8 heteroatoms. The Balaban J connectivity index is 1.82. The normalized spacial score (nSPS) is 22.7. The van der Waals surface area contributed by atoms with E-state index in [0.29, 0.717) is 13.0 Å². The summed E-state index contributed by atoms with van der Waals surface area (Å²) in [6.45, 7) is -0.0151. The summed E-state index contributed by atoms with van der Waals surface area (Å²) >= 11 is 0. The van der Waals surface area contributed by atoms with Gasteiger partial charge >= 0.3 is 12.2 Å². The third kappa shape index (κ3) is 2.67. The second-order valence-corrected chi connectivity index (χ2v) is 5.68. The van der Waals surface area contributed by atoms with Crippen molar-refractivity contribution in [1.29, 1.82) is 0 Å². The number of halogens is 3. The summed E-state index contributed by atoms with van der Waals surface area (Å²) in [5, 5.41) is 10.2. The molecule has 23 heavy (non-hydrogen) atoms. The first kappa shape index (κ1) is 15.8. The predicted molar refractivity (Wildman–Crippen MR) is 73.2 cm³/mol. The molecule has 2 aliphatic heterocycles. The van der Waals surface area contributed by atoms with Crippen LogP contribution in [0.3, 0.4) is 0 Å². The second kappa shape index (κ2) is 5.52. The average Bonchev–Trinajstić information content (AvgIpc) is 3.06. The standard InChI is InChI=1S/C15H15F3N2O3/c16-15(17,18)10-5-2-1-4-9(10)12(21)8-20-13(22)11-6-3-7-19(11)14(20)23/h1-2,4-5,11-12,21H,3,6-8H2. The third-order valence-electron chi connectivity index (χ3n) is 4.26. The predicted octanol–water partition coefficient (Wildman–Crippen LogP) is 2.17. The molecule has 3 rings (SSSR count). The molecule has 124 valence electrons. The Hall–Kier alpha value is -2.09. The Labute approximate surface area is 130 Å². The van der Waals surface area contributed by atoms with Gasteiger partial charge in [-0.15, -0.1) is 0 Å². The largest absolute Gasteiger partial charge is 0.416 e. The molecule has 2 unspecified atom stereocenters. The van der Waals surface area contributed by atoms with Crippen LogP contribution in [0.2, 0.25) is 0 Å². The molecule has 2 aliphatic rings. The van der Waals surface area contributed by atoms with Crippen LogP contribution in [0.15, 0.2) is 24.3 Å². The number of imide groups is 1. The van der Waals surface area contributed by atoms with E-state index >= 15 is 0 Å². The van der Waals surface area contributed by atoms with Crippen molar-refractivity contribution in [3.05, 3.63) is 35.4 Å². The smallest absolute Gasteiger partial charge is 0.387 e. The van der Waals surface area contributed by atoms with Gasteiger partial charge < -0.3 is 10.0 Å². The number of nitrogens with zero attached hydrogens (tertiary/aromatic N) is 2. The molecule has 3 amide bonds. The molecule has 0 aromatic heterocycles. The van der Waals surface area contributed by atoms with Gasteiger partial charge in [0.1, 0.15) is 6.04 Å². The number of carbonyl (C=O) groups is 2. The summed E-state index contributed by atoms with van der Waals surface area (Å²) in [7, 11) is 0. The van der Waals surface area contributed by atoms with E-state index in [-0.39, 0.29) is 5.56 Å². The van der Waals surface area contributed by atoms with E-state index in [2.05, 4.69) is 0 Å². The average molecular weight is 328 g/mol. The molecule has 0 radical (unpaired) electrons. The van der Waals surface area contributed by atoms with E-state index in [0.717, 1.165) is 23.5 Å². The maximum absolute atomic E-state index is 13.0. The van der Waals surface area contributed by atoms with Gasteiger partial charge in [0.2, 0.25) is 0 Å². The molecule has 0 spiro atoms. The Bertz CT molecular complexity index is 625. The van der Waals surface area contributed by atoms with Crippen molar-refractivity contribution in [3.63, 3.8) is 0 Å². The van der Waals surface area contributed by atoms with Crippen LogP contribution in [-0.4, -0.2) is 46.0 Å². The van der Waals surface area contributed by atoms with Crippen LogP contribution in [0.5, 0.6) is 0 Å². The van der Waals surface area contributed by atoms with Crippen molar-refractivity contribution >= 4 is 11.9 Å². The van der Waals surface area contributed by atoms with Gasteiger partial charge in [0.15, 0.2) is 0 Å². The highest BCUT2D eigenvalue weighted by molar-refractivity contribution is 6.04. The first-order valence-electron chi connectivity index (χ1n) is 7.27. The fourth-order valence-electron chi connectivity index (χ4n) is 3.17. The lowest BCUT2D eigenvalue weighted by Gasteiger charge is -2.22. The van der Waals surface area contributed by atoms with E-state index < -0.39 is 42.4 Å². The molecule has 2 fully saturated rings. The van der Waals surface area contributed by atoms with Crippen molar-refractivity contribution in [2.75, 3.05) is 13.1 Å². The summed E-state index contributed by atoms with van der Waals surface area (Å²) in [4.78, 5) is 26.6. The number of benzene rings is 1. The third-order valence-corrected chi connectivity index (χ3v) is 4.26. The highest BCUT2D eigenvalue weighted by Crippen LogP contribution is 2.35. The molecule has 0 saturated carbocycles. The van der Waals surface area contributed by atoms with Gasteiger partial charge in [0.05, 0.1) is 18.2 Å². The topological polar surface area (TPSA) is 60.9 Å². The molecule has 2 saturated heterocycles. The lowest BCUT2D eigenvalue weighted by molar-refractivity contribution is -0.139. The van der Waals surface area contributed by atoms with Crippen LogP contribution in [-0.2, 0) is 11.0 Å². The summed E-state index contributed by atoms with van der Waals surface area (Å²) < 4.78 is 39.0. The number of fused-ring (bicyclic) bond motifs is 1. The van der Waals surface area contributed by atoms with Gasteiger partial charge in [-0.25, -0.2) is 4.79 Å². The highest BCUT2D eigenvalue weighted by Gasteiger charge is 2.48. The van der Waals surface area contributed by atoms with Crippen molar-refractivity contribution < 1.29 is 27.9 Å². The number of aliphatic hydroxyl groups excluding tert-OH is 1. The zero-order valence-electron chi connectivity index (χ0n) is 12.1. The summed E-state index contributed by atoms with van der Waals surface area (Å²) in [5.41, 5.74) is -1.31. The monoisotopic (exact) mass is 328 g/mol. The Kier molecular flexibility index (Phi) is 3.79. The molecular formula is C15H15F3N2O3. The van der Waals surface area contributed by atoms with E-state index in [1.54, 1.807) is 0 Å². The van der Waals surface area contributed by atoms with E-state index in [9.17, 15) is 27.9 Å². The Morgan fingerprint density at radius 3 is 2.61 bits per heavy atom. The minimum absolute atomic E-state index is 0.340. The van der Waals surface area contributed by atoms with Crippen LogP contribution in [0, 0.1) is 0 Å². The number of aliphatic hydroxyl groups is 1.